The van der Waals surface area contributed by atoms with E-state index in [0.717, 1.165) is 23.1 Å². The third-order valence-corrected chi connectivity index (χ3v) is 4.28. The van der Waals surface area contributed by atoms with Gasteiger partial charge in [-0.05, 0) is 58.6 Å². The lowest BCUT2D eigenvalue weighted by Crippen LogP contribution is -2.13. The summed E-state index contributed by atoms with van der Waals surface area (Å²) in [6, 6.07) is 12.8. The van der Waals surface area contributed by atoms with Crippen molar-refractivity contribution in [3.05, 3.63) is 52.5 Å². The molecule has 0 spiro atoms. The van der Waals surface area contributed by atoms with Crippen LogP contribution in [-0.2, 0) is 0 Å². The number of rotatable bonds is 9. The summed E-state index contributed by atoms with van der Waals surface area (Å²) in [5, 5.41) is 2.93. The molecule has 0 heterocycles. The second-order valence-electron chi connectivity index (χ2n) is 6.50. The van der Waals surface area contributed by atoms with Crippen molar-refractivity contribution in [2.45, 2.75) is 33.6 Å². The zero-order valence-corrected chi connectivity index (χ0v) is 17.1. The summed E-state index contributed by atoms with van der Waals surface area (Å²) in [5.74, 6) is 1.67. The summed E-state index contributed by atoms with van der Waals surface area (Å²) in [7, 11) is 0. The van der Waals surface area contributed by atoms with Crippen molar-refractivity contribution in [2.75, 3.05) is 18.5 Å². The molecule has 1 amide bonds. The monoisotopic (exact) mass is 419 g/mol. The Morgan fingerprint density at radius 3 is 2.58 bits per heavy atom. The van der Waals surface area contributed by atoms with Gasteiger partial charge >= 0.3 is 0 Å². The molecule has 0 fully saturated rings. The molecule has 4 nitrogen and oxygen atoms in total. The van der Waals surface area contributed by atoms with Crippen molar-refractivity contribution in [3.8, 4) is 11.5 Å². The largest absolute Gasteiger partial charge is 0.492 e. The Morgan fingerprint density at radius 2 is 1.88 bits per heavy atom. The van der Waals surface area contributed by atoms with E-state index in [0.29, 0.717) is 36.1 Å². The lowest BCUT2D eigenvalue weighted by Gasteiger charge is -2.13. The van der Waals surface area contributed by atoms with Crippen LogP contribution in [0.3, 0.4) is 0 Å². The number of unbranched alkanes of at least 4 members (excludes halogenated alkanes) is 1. The molecule has 0 atom stereocenters. The molecule has 1 N–H and O–H groups in total. The fourth-order valence-corrected chi connectivity index (χ4v) is 2.73. The number of carbonyl (C=O) groups is 1. The van der Waals surface area contributed by atoms with Gasteiger partial charge in [0, 0.05) is 5.56 Å². The first-order valence-electron chi connectivity index (χ1n) is 8.96. The molecule has 0 bridgehead atoms. The van der Waals surface area contributed by atoms with E-state index in [2.05, 4.69) is 42.0 Å². The summed E-state index contributed by atoms with van der Waals surface area (Å²) < 4.78 is 12.3. The fourth-order valence-electron chi connectivity index (χ4n) is 2.23. The number of halogens is 1. The van der Waals surface area contributed by atoms with Gasteiger partial charge in [-0.15, -0.1) is 0 Å². The number of benzene rings is 2. The molecular formula is C21H26BrNO3. The average Bonchev–Trinajstić information content (AvgIpc) is 2.62. The van der Waals surface area contributed by atoms with Crippen molar-refractivity contribution >= 4 is 27.5 Å². The van der Waals surface area contributed by atoms with Gasteiger partial charge in [0.05, 0.1) is 23.4 Å². The molecule has 0 radical (unpaired) electrons. The maximum Gasteiger partial charge on any atom is 0.255 e. The van der Waals surface area contributed by atoms with Crippen LogP contribution in [0.15, 0.2) is 46.9 Å². The summed E-state index contributed by atoms with van der Waals surface area (Å²) in [6.07, 6.45) is 2.04. The van der Waals surface area contributed by atoms with E-state index in [1.54, 1.807) is 12.1 Å². The maximum atomic E-state index is 12.6. The van der Waals surface area contributed by atoms with Crippen molar-refractivity contribution in [1.82, 2.24) is 0 Å². The molecule has 5 heteroatoms. The van der Waals surface area contributed by atoms with Crippen molar-refractivity contribution < 1.29 is 14.3 Å². The molecule has 0 aromatic heterocycles. The molecule has 0 saturated carbocycles. The predicted octanol–water partition coefficient (Wildman–Crippen LogP) is 5.92. The van der Waals surface area contributed by atoms with Crippen LogP contribution in [-0.4, -0.2) is 19.1 Å². The molecular weight excluding hydrogens is 394 g/mol. The number of para-hydroxylation sites is 2. The topological polar surface area (TPSA) is 47.6 Å². The van der Waals surface area contributed by atoms with Crippen LogP contribution >= 0.6 is 15.9 Å². The Balaban J connectivity index is 2.07. The summed E-state index contributed by atoms with van der Waals surface area (Å²) in [5.41, 5.74) is 1.22. The lowest BCUT2D eigenvalue weighted by molar-refractivity contribution is 0.102. The van der Waals surface area contributed by atoms with Gasteiger partial charge in [-0.25, -0.2) is 0 Å². The highest BCUT2D eigenvalue weighted by Crippen LogP contribution is 2.28. The minimum atomic E-state index is -0.187. The van der Waals surface area contributed by atoms with Crippen LogP contribution in [0.5, 0.6) is 11.5 Å². The molecule has 2 aromatic rings. The van der Waals surface area contributed by atoms with Crippen LogP contribution in [0.2, 0.25) is 0 Å². The van der Waals surface area contributed by atoms with Gasteiger partial charge in [0.25, 0.3) is 5.91 Å². The van der Waals surface area contributed by atoms with Gasteiger partial charge in [-0.1, -0.05) is 39.3 Å². The zero-order chi connectivity index (χ0) is 18.9. The third kappa shape index (κ3) is 6.06. The number of hydrogen-bond acceptors (Lipinski definition) is 3. The molecule has 0 aliphatic carbocycles. The fraction of sp³-hybridized carbons (Fsp3) is 0.381. The third-order valence-electron chi connectivity index (χ3n) is 3.66. The quantitative estimate of drug-likeness (QED) is 0.513. The number of anilines is 1. The minimum absolute atomic E-state index is 0.187. The SMILES string of the molecule is CCCCOc1ccccc1NC(=O)c1ccc(OCC(C)C)c(Br)c1. The maximum absolute atomic E-state index is 12.6. The minimum Gasteiger partial charge on any atom is -0.492 e. The molecule has 0 saturated heterocycles. The molecule has 2 rings (SSSR count). The Labute approximate surface area is 164 Å². The number of nitrogens with one attached hydrogen (secondary N) is 1. The number of amides is 1. The molecule has 0 aliphatic heterocycles. The first-order chi connectivity index (χ1) is 12.5. The van der Waals surface area contributed by atoms with E-state index in [4.69, 9.17) is 9.47 Å². The van der Waals surface area contributed by atoms with Gasteiger partial charge < -0.3 is 14.8 Å². The molecule has 140 valence electrons. The van der Waals surface area contributed by atoms with Crippen molar-refractivity contribution in [3.63, 3.8) is 0 Å². The van der Waals surface area contributed by atoms with Gasteiger partial charge in [-0.3, -0.25) is 4.79 Å². The predicted molar refractivity (Wildman–Crippen MR) is 109 cm³/mol. The van der Waals surface area contributed by atoms with Crippen LogP contribution < -0.4 is 14.8 Å². The van der Waals surface area contributed by atoms with E-state index >= 15 is 0 Å². The number of hydrogen-bond donors (Lipinski definition) is 1. The number of ether oxygens (including phenoxy) is 2. The Kier molecular flexibility index (Phi) is 7.98. The van der Waals surface area contributed by atoms with Crippen molar-refractivity contribution in [2.24, 2.45) is 5.92 Å². The Hall–Kier alpha value is -2.01. The highest BCUT2D eigenvalue weighted by molar-refractivity contribution is 9.10. The molecule has 0 aliphatic rings. The van der Waals surface area contributed by atoms with Crippen LogP contribution in [0, 0.1) is 5.92 Å². The molecule has 26 heavy (non-hydrogen) atoms. The summed E-state index contributed by atoms with van der Waals surface area (Å²) in [4.78, 5) is 12.6. The van der Waals surface area contributed by atoms with Gasteiger partial charge in [0.15, 0.2) is 0 Å². The van der Waals surface area contributed by atoms with Crippen LogP contribution in [0.25, 0.3) is 0 Å². The van der Waals surface area contributed by atoms with Gasteiger partial charge in [0.1, 0.15) is 11.5 Å². The van der Waals surface area contributed by atoms with E-state index < -0.39 is 0 Å². The second-order valence-corrected chi connectivity index (χ2v) is 7.36. The Morgan fingerprint density at radius 1 is 1.12 bits per heavy atom. The van der Waals surface area contributed by atoms with E-state index in [-0.39, 0.29) is 5.91 Å². The average molecular weight is 420 g/mol. The number of carbonyl (C=O) groups excluding carboxylic acids is 1. The van der Waals surface area contributed by atoms with E-state index in [1.807, 2.05) is 30.3 Å². The second kappa shape index (κ2) is 10.2. The standard InChI is InChI=1S/C21H26BrNO3/c1-4-5-12-25-20-9-7-6-8-18(20)23-21(24)16-10-11-19(17(22)13-16)26-14-15(2)3/h6-11,13,15H,4-5,12,14H2,1-3H3,(H,23,24). The van der Waals surface area contributed by atoms with Gasteiger partial charge in [-0.2, -0.15) is 0 Å². The van der Waals surface area contributed by atoms with Crippen LogP contribution in [0.1, 0.15) is 44.0 Å². The molecule has 2 aromatic carbocycles. The van der Waals surface area contributed by atoms with Crippen LogP contribution in [0.4, 0.5) is 5.69 Å². The first kappa shape index (κ1) is 20.3. The smallest absolute Gasteiger partial charge is 0.255 e. The van der Waals surface area contributed by atoms with E-state index in [1.165, 1.54) is 0 Å². The summed E-state index contributed by atoms with van der Waals surface area (Å²) >= 11 is 3.48. The van der Waals surface area contributed by atoms with Gasteiger partial charge in [0.2, 0.25) is 0 Å². The van der Waals surface area contributed by atoms with E-state index in [9.17, 15) is 4.79 Å². The van der Waals surface area contributed by atoms with Crippen molar-refractivity contribution in [1.29, 1.82) is 0 Å². The molecule has 0 unspecified atom stereocenters. The summed E-state index contributed by atoms with van der Waals surface area (Å²) in [6.45, 7) is 7.57. The zero-order valence-electron chi connectivity index (χ0n) is 15.5. The highest BCUT2D eigenvalue weighted by Gasteiger charge is 2.12. The first-order valence-corrected chi connectivity index (χ1v) is 9.76. The lowest BCUT2D eigenvalue weighted by atomic mass is 10.2. The Bertz CT molecular complexity index is 731. The normalized spacial score (nSPS) is 10.7. The highest BCUT2D eigenvalue weighted by atomic mass is 79.9.